The van der Waals surface area contributed by atoms with Gasteiger partial charge in [0, 0.05) is 19.2 Å². The van der Waals surface area contributed by atoms with E-state index in [9.17, 15) is 0 Å². The summed E-state index contributed by atoms with van der Waals surface area (Å²) in [5.74, 6) is 0.881. The van der Waals surface area contributed by atoms with E-state index in [0.29, 0.717) is 0 Å². The van der Waals surface area contributed by atoms with Crippen molar-refractivity contribution in [2.75, 3.05) is 0 Å². The summed E-state index contributed by atoms with van der Waals surface area (Å²) in [4.78, 5) is 3.03. The van der Waals surface area contributed by atoms with Crippen molar-refractivity contribution in [2.24, 2.45) is 5.92 Å². The van der Waals surface area contributed by atoms with Crippen molar-refractivity contribution in [3.8, 4) is 0 Å². The monoisotopic (exact) mass is 338 g/mol. The first kappa shape index (κ1) is 19.7. The molecule has 0 fully saturated rings. The van der Waals surface area contributed by atoms with E-state index in [1.54, 1.807) is 4.88 Å². The minimum atomic E-state index is 0.881. The molecule has 0 aromatic carbocycles. The van der Waals surface area contributed by atoms with E-state index in [1.165, 1.54) is 65.6 Å². The molecule has 22 heavy (non-hydrogen) atoms. The highest BCUT2D eigenvalue weighted by atomic mass is 32.1. The van der Waals surface area contributed by atoms with Crippen LogP contribution in [-0.2, 0) is 6.42 Å². The van der Waals surface area contributed by atoms with E-state index in [-0.39, 0.29) is 0 Å². The molecule has 0 aliphatic carbocycles. The average molecular weight is 339 g/mol. The highest BCUT2D eigenvalue weighted by Crippen LogP contribution is 2.33. The van der Waals surface area contributed by atoms with Gasteiger partial charge < -0.3 is 0 Å². The van der Waals surface area contributed by atoms with Crippen LogP contribution in [-0.4, -0.2) is 0 Å². The van der Waals surface area contributed by atoms with Gasteiger partial charge in [0.05, 0.1) is 0 Å². The van der Waals surface area contributed by atoms with Gasteiger partial charge in [-0.2, -0.15) is 0 Å². The van der Waals surface area contributed by atoms with E-state index in [0.717, 1.165) is 5.92 Å². The Morgan fingerprint density at radius 1 is 0.818 bits per heavy atom. The van der Waals surface area contributed by atoms with Gasteiger partial charge in [-0.15, -0.1) is 22.7 Å². The highest BCUT2D eigenvalue weighted by molar-refractivity contribution is 7.27. The first-order chi connectivity index (χ1) is 10.6. The quantitative estimate of drug-likeness (QED) is 0.404. The lowest BCUT2D eigenvalue weighted by Crippen LogP contribution is -1.87. The SMILES string of the molecule is CC.Cc1cc2sc(CCCCCCCCC(C)C)cc2s1. The van der Waals surface area contributed by atoms with Crippen LogP contribution in [0, 0.1) is 12.8 Å². The van der Waals surface area contributed by atoms with E-state index in [1.807, 2.05) is 36.5 Å². The van der Waals surface area contributed by atoms with Gasteiger partial charge in [0.2, 0.25) is 0 Å². The molecule has 2 heteroatoms. The molecule has 0 saturated heterocycles. The average Bonchev–Trinajstić information content (AvgIpc) is 3.00. The molecule has 2 heterocycles. The van der Waals surface area contributed by atoms with Crippen molar-refractivity contribution in [1.82, 2.24) is 0 Å². The van der Waals surface area contributed by atoms with Crippen LogP contribution in [0.25, 0.3) is 9.40 Å². The van der Waals surface area contributed by atoms with E-state index in [4.69, 9.17) is 0 Å². The summed E-state index contributed by atoms with van der Waals surface area (Å²) in [7, 11) is 0. The smallest absolute Gasteiger partial charge is 0.0456 e. The molecule has 0 bridgehead atoms. The van der Waals surface area contributed by atoms with Gasteiger partial charge in [-0.05, 0) is 37.8 Å². The zero-order valence-electron chi connectivity index (χ0n) is 15.2. The van der Waals surface area contributed by atoms with E-state index < -0.39 is 0 Å². The van der Waals surface area contributed by atoms with Crippen molar-refractivity contribution >= 4 is 32.1 Å². The Morgan fingerprint density at radius 3 is 2.05 bits per heavy atom. The summed E-state index contributed by atoms with van der Waals surface area (Å²) in [6.45, 7) is 10.9. The Labute approximate surface area is 146 Å². The summed E-state index contributed by atoms with van der Waals surface area (Å²) in [6, 6.07) is 4.75. The third-order valence-electron chi connectivity index (χ3n) is 3.84. The van der Waals surface area contributed by atoms with Crippen LogP contribution in [0.15, 0.2) is 12.1 Å². The standard InChI is InChI=1S/C18H28S2.C2H6/c1-14(2)10-8-6-4-5-7-9-11-16-13-18-17(20-16)12-15(3)19-18;1-2/h12-14H,4-11H2,1-3H3;1-2H3. The molecule has 0 saturated carbocycles. The fourth-order valence-corrected chi connectivity index (χ4v) is 5.07. The van der Waals surface area contributed by atoms with Gasteiger partial charge in [0.1, 0.15) is 0 Å². The topological polar surface area (TPSA) is 0 Å². The molecule has 2 rings (SSSR count). The Morgan fingerprint density at radius 2 is 1.41 bits per heavy atom. The summed E-state index contributed by atoms with van der Waals surface area (Å²) < 4.78 is 2.99. The number of hydrogen-bond acceptors (Lipinski definition) is 2. The zero-order chi connectivity index (χ0) is 16.4. The maximum absolute atomic E-state index is 2.42. The van der Waals surface area contributed by atoms with Crippen molar-refractivity contribution in [3.05, 3.63) is 21.9 Å². The van der Waals surface area contributed by atoms with Crippen molar-refractivity contribution in [2.45, 2.75) is 86.0 Å². The second kappa shape index (κ2) is 11.2. The largest absolute Gasteiger partial charge is 0.140 e. The maximum atomic E-state index is 2.42. The third kappa shape index (κ3) is 7.28. The maximum Gasteiger partial charge on any atom is 0.0456 e. The van der Waals surface area contributed by atoms with Gasteiger partial charge in [-0.25, -0.2) is 0 Å². The molecule has 2 aromatic rings. The lowest BCUT2D eigenvalue weighted by atomic mass is 10.0. The fraction of sp³-hybridized carbons (Fsp3) is 0.700. The molecule has 2 aromatic heterocycles. The molecule has 0 spiro atoms. The van der Waals surface area contributed by atoms with Crippen LogP contribution in [0.5, 0.6) is 0 Å². The number of thiophene rings is 2. The molecule has 0 amide bonds. The molecule has 0 atom stereocenters. The van der Waals surface area contributed by atoms with Crippen LogP contribution in [0.4, 0.5) is 0 Å². The Kier molecular flexibility index (Phi) is 10.1. The van der Waals surface area contributed by atoms with Crippen LogP contribution >= 0.6 is 22.7 Å². The summed E-state index contributed by atoms with van der Waals surface area (Å²) in [5.41, 5.74) is 0. The van der Waals surface area contributed by atoms with Crippen LogP contribution < -0.4 is 0 Å². The van der Waals surface area contributed by atoms with Gasteiger partial charge in [-0.3, -0.25) is 0 Å². The Bertz CT molecular complexity index is 473. The highest BCUT2D eigenvalue weighted by Gasteiger charge is 2.04. The normalized spacial score (nSPS) is 11.0. The van der Waals surface area contributed by atoms with Gasteiger partial charge in [0.25, 0.3) is 0 Å². The molecular weight excluding hydrogens is 304 g/mol. The molecule has 0 aliphatic rings. The minimum Gasteiger partial charge on any atom is -0.140 e. The van der Waals surface area contributed by atoms with Crippen LogP contribution in [0.3, 0.4) is 0 Å². The molecule has 0 aliphatic heterocycles. The van der Waals surface area contributed by atoms with Crippen LogP contribution in [0.1, 0.15) is 82.4 Å². The lowest BCUT2D eigenvalue weighted by Gasteiger charge is -2.04. The number of hydrogen-bond donors (Lipinski definition) is 0. The molecular formula is C20H34S2. The third-order valence-corrected chi connectivity index (χ3v) is 6.10. The Hall–Kier alpha value is -0.340. The predicted molar refractivity (Wildman–Crippen MR) is 107 cm³/mol. The fourth-order valence-electron chi connectivity index (χ4n) is 2.69. The van der Waals surface area contributed by atoms with Gasteiger partial charge in [0.15, 0.2) is 0 Å². The van der Waals surface area contributed by atoms with Crippen molar-refractivity contribution in [1.29, 1.82) is 0 Å². The second-order valence-corrected chi connectivity index (χ2v) is 8.81. The summed E-state index contributed by atoms with van der Waals surface area (Å²) in [5, 5.41) is 0. The first-order valence-electron chi connectivity index (χ1n) is 9.14. The Balaban J connectivity index is 0.00000116. The number of unbranched alkanes of at least 4 members (excludes halogenated alkanes) is 5. The molecule has 0 nitrogen and oxygen atoms in total. The second-order valence-electron chi connectivity index (χ2n) is 6.35. The van der Waals surface area contributed by atoms with Gasteiger partial charge >= 0.3 is 0 Å². The van der Waals surface area contributed by atoms with Crippen molar-refractivity contribution in [3.63, 3.8) is 0 Å². The summed E-state index contributed by atoms with van der Waals surface area (Å²) in [6.07, 6.45) is 11.2. The molecule has 0 radical (unpaired) electrons. The molecule has 0 N–H and O–H groups in total. The number of rotatable bonds is 9. The van der Waals surface area contributed by atoms with Crippen molar-refractivity contribution < 1.29 is 0 Å². The summed E-state index contributed by atoms with van der Waals surface area (Å²) >= 11 is 3.94. The molecule has 126 valence electrons. The predicted octanol–water partition coefficient (Wildman–Crippen LogP) is 8.23. The van der Waals surface area contributed by atoms with Crippen LogP contribution in [0.2, 0.25) is 0 Å². The minimum absolute atomic E-state index is 0.881. The van der Waals surface area contributed by atoms with Gasteiger partial charge in [-0.1, -0.05) is 66.2 Å². The number of aryl methyl sites for hydroxylation is 2. The molecule has 0 unspecified atom stereocenters. The number of fused-ring (bicyclic) bond motifs is 1. The lowest BCUT2D eigenvalue weighted by molar-refractivity contribution is 0.512. The van der Waals surface area contributed by atoms with E-state index in [2.05, 4.69) is 32.9 Å². The zero-order valence-corrected chi connectivity index (χ0v) is 16.8. The van der Waals surface area contributed by atoms with E-state index >= 15 is 0 Å². The first-order valence-corrected chi connectivity index (χ1v) is 10.8.